The van der Waals surface area contributed by atoms with E-state index in [1.165, 1.54) is 9.80 Å². The molecule has 4 rings (SSSR count). The Bertz CT molecular complexity index is 1340. The number of carbonyl (C=O) groups excluding carboxylic acids is 1. The van der Waals surface area contributed by atoms with Gasteiger partial charge in [-0.05, 0) is 97.7 Å². The molecule has 4 aliphatic carbocycles. The second kappa shape index (κ2) is 18.7. The van der Waals surface area contributed by atoms with Crippen LogP contribution in [0, 0.1) is 46.3 Å². The van der Waals surface area contributed by atoms with Crippen LogP contribution in [0.1, 0.15) is 78.6 Å². The highest BCUT2D eigenvalue weighted by atomic mass is 16.4. The number of aliphatic hydroxyl groups is 2. The van der Waals surface area contributed by atoms with Crippen molar-refractivity contribution in [3.8, 4) is 0 Å². The van der Waals surface area contributed by atoms with Crippen LogP contribution in [0.5, 0.6) is 0 Å². The molecule has 4 unspecified atom stereocenters. The Hall–Kier alpha value is -3.38. The van der Waals surface area contributed by atoms with Crippen molar-refractivity contribution < 1.29 is 64.5 Å². The molecular weight excluding hydrogens is 720 g/mol. The highest BCUT2D eigenvalue weighted by molar-refractivity contribution is 5.78. The molecule has 0 aliphatic heterocycles. The third-order valence-corrected chi connectivity index (χ3v) is 14.0. The molecule has 0 aromatic carbocycles. The molecule has 0 saturated heterocycles. The predicted molar refractivity (Wildman–Crippen MR) is 196 cm³/mol. The lowest BCUT2D eigenvalue weighted by atomic mass is 9.43. The molecule has 4 saturated carbocycles. The van der Waals surface area contributed by atoms with Gasteiger partial charge in [0.2, 0.25) is 5.91 Å². The van der Waals surface area contributed by atoms with Crippen molar-refractivity contribution in [2.75, 3.05) is 58.9 Å². The first-order chi connectivity index (χ1) is 25.7. The van der Waals surface area contributed by atoms with Gasteiger partial charge in [0, 0.05) is 38.6 Å². The minimum absolute atomic E-state index is 0.0228. The quantitative estimate of drug-likeness (QED) is 0.0801. The second-order valence-corrected chi connectivity index (χ2v) is 17.3. The van der Waals surface area contributed by atoms with Crippen molar-refractivity contribution in [1.82, 2.24) is 20.0 Å². The largest absolute Gasteiger partial charge is 0.481 e. The molecule has 11 atom stereocenters. The van der Waals surface area contributed by atoms with Crippen LogP contribution < -0.4 is 5.32 Å². The van der Waals surface area contributed by atoms with Gasteiger partial charge >= 0.3 is 29.8 Å². The highest BCUT2D eigenvalue weighted by Gasteiger charge is 2.65. The number of aliphatic carboxylic acids is 5. The smallest absolute Gasteiger partial charge is 0.317 e. The van der Waals surface area contributed by atoms with E-state index in [1.54, 1.807) is 4.90 Å². The molecule has 0 aromatic heterocycles. The van der Waals surface area contributed by atoms with Gasteiger partial charge in [0.05, 0.1) is 44.9 Å². The van der Waals surface area contributed by atoms with Gasteiger partial charge in [0.15, 0.2) is 0 Å². The standard InChI is InChI=1S/C38H62N4O13/c1-22(4-7-31(46)47)25-5-6-26-36-27(16-29(44)38(25,26)3)37(2)9-8-24(14-23(37)15-28(36)43)39-30(45)17-40(10-12-41(18-32(48)49)19-33(50)51)11-13-42(20-34(52)53)21-35(54)55/h22-29,36,43-44H,4-21H2,1-3H3,(H,39,45)(H,46,47)(H,48,49)(H,50,51)(H,52,53)(H,54,55)/t22?,23-,24-,25+,26?,27?,28+,29-,36?,37-,38+/m0/s1. The van der Waals surface area contributed by atoms with E-state index in [9.17, 15) is 64.5 Å². The number of hydrogen-bond acceptors (Lipinski definition) is 11. The lowest BCUT2D eigenvalue weighted by Crippen LogP contribution is -2.63. The van der Waals surface area contributed by atoms with Crippen LogP contribution in [0.15, 0.2) is 0 Å². The molecule has 4 aliphatic rings. The Labute approximate surface area is 322 Å². The Morgan fingerprint density at radius 3 is 1.71 bits per heavy atom. The van der Waals surface area contributed by atoms with E-state index in [2.05, 4.69) is 26.1 Å². The second-order valence-electron chi connectivity index (χ2n) is 17.3. The van der Waals surface area contributed by atoms with E-state index >= 15 is 0 Å². The number of nitrogens with zero attached hydrogens (tertiary/aromatic N) is 3. The van der Waals surface area contributed by atoms with Crippen molar-refractivity contribution >= 4 is 35.8 Å². The van der Waals surface area contributed by atoms with Crippen LogP contribution in [-0.2, 0) is 28.8 Å². The van der Waals surface area contributed by atoms with Crippen molar-refractivity contribution in [2.24, 2.45) is 46.3 Å². The zero-order valence-electron chi connectivity index (χ0n) is 32.3. The average Bonchev–Trinajstić information content (AvgIpc) is 3.43. The molecule has 8 N–H and O–H groups in total. The van der Waals surface area contributed by atoms with Crippen LogP contribution in [0.3, 0.4) is 0 Å². The number of carboxylic acids is 5. The number of carboxylic acid groups (broad SMARTS) is 5. The molecule has 1 amide bonds. The van der Waals surface area contributed by atoms with Gasteiger partial charge in [-0.1, -0.05) is 20.8 Å². The van der Waals surface area contributed by atoms with Gasteiger partial charge in [0.25, 0.3) is 0 Å². The Morgan fingerprint density at radius 2 is 1.20 bits per heavy atom. The first-order valence-corrected chi connectivity index (χ1v) is 19.7. The molecule has 0 radical (unpaired) electrons. The van der Waals surface area contributed by atoms with Crippen LogP contribution in [-0.4, -0.2) is 163 Å². The van der Waals surface area contributed by atoms with Crippen molar-refractivity contribution in [3.63, 3.8) is 0 Å². The van der Waals surface area contributed by atoms with Crippen molar-refractivity contribution in [3.05, 3.63) is 0 Å². The normalized spacial score (nSPS) is 33.4. The number of carbonyl (C=O) groups is 6. The fourth-order valence-electron chi connectivity index (χ4n) is 11.3. The molecule has 312 valence electrons. The monoisotopic (exact) mass is 782 g/mol. The van der Waals surface area contributed by atoms with Gasteiger partial charge in [-0.2, -0.15) is 0 Å². The number of amides is 1. The van der Waals surface area contributed by atoms with Crippen LogP contribution in [0.4, 0.5) is 0 Å². The molecule has 17 heteroatoms. The summed E-state index contributed by atoms with van der Waals surface area (Å²) in [5, 5.41) is 73.2. The lowest BCUT2D eigenvalue weighted by molar-refractivity contribution is -0.202. The molecule has 0 spiro atoms. The summed E-state index contributed by atoms with van der Waals surface area (Å²) in [7, 11) is 0. The topological polar surface area (TPSA) is 266 Å². The molecule has 55 heavy (non-hydrogen) atoms. The van der Waals surface area contributed by atoms with Crippen molar-refractivity contribution in [1.29, 1.82) is 0 Å². The van der Waals surface area contributed by atoms with Gasteiger partial charge < -0.3 is 41.1 Å². The number of hydrogen-bond donors (Lipinski definition) is 8. The summed E-state index contributed by atoms with van der Waals surface area (Å²) < 4.78 is 0. The first-order valence-electron chi connectivity index (χ1n) is 19.7. The summed E-state index contributed by atoms with van der Waals surface area (Å²) in [6.45, 7) is 4.21. The summed E-state index contributed by atoms with van der Waals surface area (Å²) in [6.07, 6.45) is 4.52. The highest BCUT2D eigenvalue weighted by Crippen LogP contribution is 2.68. The summed E-state index contributed by atoms with van der Waals surface area (Å²) in [4.78, 5) is 74.3. The first kappa shape index (κ1) is 44.3. The minimum Gasteiger partial charge on any atom is -0.481 e. The lowest BCUT2D eigenvalue weighted by Gasteiger charge is -2.63. The average molecular weight is 783 g/mol. The van der Waals surface area contributed by atoms with Crippen molar-refractivity contribution in [2.45, 2.75) is 96.8 Å². The Balaban J connectivity index is 1.42. The molecular formula is C38H62N4O13. The minimum atomic E-state index is -1.23. The Morgan fingerprint density at radius 1 is 0.673 bits per heavy atom. The van der Waals surface area contributed by atoms with E-state index in [0.29, 0.717) is 32.1 Å². The van der Waals surface area contributed by atoms with Gasteiger partial charge in [-0.3, -0.25) is 43.5 Å². The molecule has 17 nitrogen and oxygen atoms in total. The summed E-state index contributed by atoms with van der Waals surface area (Å²) in [5.74, 6) is -5.44. The molecule has 0 bridgehead atoms. The maximum Gasteiger partial charge on any atom is 0.317 e. The number of rotatable bonds is 21. The molecule has 0 aromatic rings. The number of fused-ring (bicyclic) bond motifs is 5. The van der Waals surface area contributed by atoms with E-state index in [-0.39, 0.29) is 92.0 Å². The predicted octanol–water partition coefficient (Wildman–Crippen LogP) is 0.817. The maximum atomic E-state index is 13.6. The summed E-state index contributed by atoms with van der Waals surface area (Å²) >= 11 is 0. The van der Waals surface area contributed by atoms with Crippen LogP contribution >= 0.6 is 0 Å². The van der Waals surface area contributed by atoms with E-state index in [4.69, 9.17) is 0 Å². The maximum absolute atomic E-state index is 13.6. The third-order valence-electron chi connectivity index (χ3n) is 14.0. The third kappa shape index (κ3) is 10.9. The van der Waals surface area contributed by atoms with E-state index in [1.807, 2.05) is 0 Å². The molecule has 0 heterocycles. The van der Waals surface area contributed by atoms with E-state index < -0.39 is 73.6 Å². The Kier molecular flexibility index (Phi) is 15.1. The van der Waals surface area contributed by atoms with Crippen LogP contribution in [0.25, 0.3) is 0 Å². The van der Waals surface area contributed by atoms with Crippen LogP contribution in [0.2, 0.25) is 0 Å². The van der Waals surface area contributed by atoms with Gasteiger partial charge in [-0.15, -0.1) is 0 Å². The molecule has 4 fully saturated rings. The number of nitrogens with one attached hydrogen (secondary N) is 1. The number of aliphatic hydroxyl groups excluding tert-OH is 2. The fourth-order valence-corrected chi connectivity index (χ4v) is 11.3. The SMILES string of the molecule is CC(CCC(=O)O)[C@H]1CCC2C3C(C[C@H](O)[C@@]21C)[C@@]1(C)CC[C@H](NC(=O)CN(CCN(CC(=O)O)CC(=O)O)CCN(CC(=O)O)CC(=O)O)C[C@H]1C[C@H]3O. The summed E-state index contributed by atoms with van der Waals surface area (Å²) in [5.41, 5.74) is -0.571. The summed E-state index contributed by atoms with van der Waals surface area (Å²) in [6, 6.07) is -0.202. The zero-order valence-corrected chi connectivity index (χ0v) is 32.3. The van der Waals surface area contributed by atoms with Gasteiger partial charge in [-0.25, -0.2) is 0 Å². The van der Waals surface area contributed by atoms with E-state index in [0.717, 1.165) is 19.3 Å². The fraction of sp³-hybridized carbons (Fsp3) is 0.842. The zero-order chi connectivity index (χ0) is 40.8. The van der Waals surface area contributed by atoms with Gasteiger partial charge in [0.1, 0.15) is 0 Å².